The molecule has 8 nitrogen and oxygen atoms in total. The molecule has 33 heavy (non-hydrogen) atoms. The fraction of sp³-hybridized carbons (Fsp3) is 0.130. The van der Waals surface area contributed by atoms with Gasteiger partial charge in [-0.05, 0) is 67.6 Å². The molecule has 0 aromatic heterocycles. The molecule has 3 rings (SSSR count). The van der Waals surface area contributed by atoms with Crippen molar-refractivity contribution in [2.75, 3.05) is 28.6 Å². The summed E-state index contributed by atoms with van der Waals surface area (Å²) >= 11 is 0. The first-order valence-electron chi connectivity index (χ1n) is 9.90. The molecule has 3 aromatic carbocycles. The second-order valence-corrected chi connectivity index (χ2v) is 8.55. The van der Waals surface area contributed by atoms with E-state index >= 15 is 0 Å². The zero-order valence-electron chi connectivity index (χ0n) is 17.9. The molecule has 10 heteroatoms. The highest BCUT2D eigenvalue weighted by molar-refractivity contribution is 7.92. The SMILES string of the molecule is CCOC(=O)N(C)c1ccc(NC(=O)c2ccc(S(=O)(=O)Nc3ccccc3F)cc2)cc1. The van der Waals surface area contributed by atoms with Gasteiger partial charge in [-0.25, -0.2) is 17.6 Å². The summed E-state index contributed by atoms with van der Waals surface area (Å²) in [5.74, 6) is -1.15. The van der Waals surface area contributed by atoms with Crippen molar-refractivity contribution in [1.29, 1.82) is 0 Å². The lowest BCUT2D eigenvalue weighted by Gasteiger charge is -2.17. The molecule has 0 aliphatic rings. The number of amides is 2. The molecule has 0 radical (unpaired) electrons. The molecule has 172 valence electrons. The lowest BCUT2D eigenvalue weighted by atomic mass is 10.2. The summed E-state index contributed by atoms with van der Waals surface area (Å²) < 4.78 is 45.8. The van der Waals surface area contributed by atoms with E-state index < -0.39 is 27.8 Å². The number of sulfonamides is 1. The monoisotopic (exact) mass is 471 g/mol. The number of carbonyl (C=O) groups excluding carboxylic acids is 2. The molecule has 0 spiro atoms. The van der Waals surface area contributed by atoms with Gasteiger partial charge >= 0.3 is 6.09 Å². The minimum absolute atomic E-state index is 0.117. The third kappa shape index (κ3) is 5.86. The number of nitrogens with one attached hydrogen (secondary N) is 2. The van der Waals surface area contributed by atoms with E-state index in [9.17, 15) is 22.4 Å². The van der Waals surface area contributed by atoms with Gasteiger partial charge in [-0.1, -0.05) is 12.1 Å². The van der Waals surface area contributed by atoms with Crippen molar-refractivity contribution in [2.24, 2.45) is 0 Å². The first-order valence-corrected chi connectivity index (χ1v) is 11.4. The standard InChI is InChI=1S/C23H22FN3O5S/c1-3-32-23(29)27(2)18-12-10-17(11-13-18)25-22(28)16-8-14-19(15-9-16)33(30,31)26-21-7-5-4-6-20(21)24/h4-15,26H,3H2,1-2H3,(H,25,28). The first-order chi connectivity index (χ1) is 15.7. The zero-order valence-corrected chi connectivity index (χ0v) is 18.7. The Kier molecular flexibility index (Phi) is 7.29. The highest BCUT2D eigenvalue weighted by Gasteiger charge is 2.17. The van der Waals surface area contributed by atoms with Gasteiger partial charge in [-0.2, -0.15) is 0 Å². The molecule has 0 aliphatic carbocycles. The van der Waals surface area contributed by atoms with Crippen molar-refractivity contribution < 1.29 is 27.1 Å². The van der Waals surface area contributed by atoms with Crippen LogP contribution in [0.5, 0.6) is 0 Å². The molecule has 0 saturated carbocycles. The van der Waals surface area contributed by atoms with Crippen molar-refractivity contribution in [2.45, 2.75) is 11.8 Å². The summed E-state index contributed by atoms with van der Waals surface area (Å²) in [6, 6.07) is 17.2. The van der Waals surface area contributed by atoms with Crippen LogP contribution in [0.3, 0.4) is 0 Å². The fourth-order valence-corrected chi connectivity index (χ4v) is 3.90. The van der Waals surface area contributed by atoms with Crippen LogP contribution in [0.4, 0.5) is 26.2 Å². The van der Waals surface area contributed by atoms with E-state index in [4.69, 9.17) is 4.74 Å². The fourth-order valence-electron chi connectivity index (χ4n) is 2.83. The molecular weight excluding hydrogens is 449 g/mol. The summed E-state index contributed by atoms with van der Waals surface area (Å²) in [6.07, 6.45) is -0.492. The summed E-state index contributed by atoms with van der Waals surface area (Å²) in [6.45, 7) is 1.97. The Morgan fingerprint density at radius 3 is 2.21 bits per heavy atom. The summed E-state index contributed by atoms with van der Waals surface area (Å²) in [7, 11) is -2.45. The van der Waals surface area contributed by atoms with Crippen LogP contribution in [0.2, 0.25) is 0 Å². The number of ether oxygens (including phenoxy) is 1. The maximum absolute atomic E-state index is 13.8. The average molecular weight is 472 g/mol. The number of anilines is 3. The predicted molar refractivity (Wildman–Crippen MR) is 123 cm³/mol. The predicted octanol–water partition coefficient (Wildman–Crippen LogP) is 4.47. The maximum Gasteiger partial charge on any atom is 0.413 e. The molecule has 2 N–H and O–H groups in total. The molecule has 0 saturated heterocycles. The molecule has 0 heterocycles. The second-order valence-electron chi connectivity index (χ2n) is 6.87. The zero-order chi connectivity index (χ0) is 24.0. The van der Waals surface area contributed by atoms with Crippen LogP contribution >= 0.6 is 0 Å². The summed E-state index contributed by atoms with van der Waals surface area (Å²) in [4.78, 5) is 25.5. The number of hydrogen-bond donors (Lipinski definition) is 2. The molecule has 0 aliphatic heterocycles. The Bertz CT molecular complexity index is 1250. The van der Waals surface area contributed by atoms with Crippen LogP contribution in [0, 0.1) is 5.82 Å². The maximum atomic E-state index is 13.8. The minimum Gasteiger partial charge on any atom is -0.449 e. The smallest absolute Gasteiger partial charge is 0.413 e. The van der Waals surface area contributed by atoms with Gasteiger partial charge in [-0.3, -0.25) is 14.4 Å². The third-order valence-electron chi connectivity index (χ3n) is 4.60. The third-order valence-corrected chi connectivity index (χ3v) is 5.98. The van der Waals surface area contributed by atoms with Crippen molar-refractivity contribution in [1.82, 2.24) is 0 Å². The highest BCUT2D eigenvalue weighted by Crippen LogP contribution is 2.21. The Hall–Kier alpha value is -3.92. The Morgan fingerprint density at radius 1 is 0.970 bits per heavy atom. The molecular formula is C23H22FN3O5S. The molecule has 2 amide bonds. The van der Waals surface area contributed by atoms with Crippen molar-refractivity contribution in [3.8, 4) is 0 Å². The largest absolute Gasteiger partial charge is 0.449 e. The van der Waals surface area contributed by atoms with E-state index in [2.05, 4.69) is 10.0 Å². The van der Waals surface area contributed by atoms with Gasteiger partial charge in [-0.15, -0.1) is 0 Å². The number of hydrogen-bond acceptors (Lipinski definition) is 5. The van der Waals surface area contributed by atoms with Crippen molar-refractivity contribution in [3.63, 3.8) is 0 Å². The number of nitrogens with zero attached hydrogens (tertiary/aromatic N) is 1. The molecule has 3 aromatic rings. The summed E-state index contributed by atoms with van der Waals surface area (Å²) in [5.41, 5.74) is 1.13. The van der Waals surface area contributed by atoms with Crippen molar-refractivity contribution >= 4 is 39.1 Å². The Morgan fingerprint density at radius 2 is 1.61 bits per heavy atom. The summed E-state index contributed by atoms with van der Waals surface area (Å²) in [5, 5.41) is 2.70. The van der Waals surface area contributed by atoms with Gasteiger partial charge < -0.3 is 10.1 Å². The normalized spacial score (nSPS) is 10.9. The topological polar surface area (TPSA) is 105 Å². The number of rotatable bonds is 7. The number of para-hydroxylation sites is 1. The molecule has 0 unspecified atom stereocenters. The van der Waals surface area contributed by atoms with Gasteiger partial charge in [0, 0.05) is 24.0 Å². The molecule has 0 fully saturated rings. The lowest BCUT2D eigenvalue weighted by molar-refractivity contribution is 0.102. The van der Waals surface area contributed by atoms with E-state index in [0.29, 0.717) is 11.4 Å². The van der Waals surface area contributed by atoms with E-state index in [1.807, 2.05) is 0 Å². The van der Waals surface area contributed by atoms with Crippen LogP contribution in [-0.2, 0) is 14.8 Å². The van der Waals surface area contributed by atoms with Crippen LogP contribution in [0.25, 0.3) is 0 Å². The van der Waals surface area contributed by atoms with E-state index in [-0.39, 0.29) is 22.8 Å². The van der Waals surface area contributed by atoms with E-state index in [0.717, 1.165) is 6.07 Å². The van der Waals surface area contributed by atoms with Crippen molar-refractivity contribution in [3.05, 3.63) is 84.2 Å². The number of halogens is 1. The number of benzene rings is 3. The lowest BCUT2D eigenvalue weighted by Crippen LogP contribution is -2.26. The average Bonchev–Trinajstić information content (AvgIpc) is 2.81. The first kappa shape index (κ1) is 23.7. The van der Waals surface area contributed by atoms with Crippen LogP contribution < -0.4 is 14.9 Å². The quantitative estimate of drug-likeness (QED) is 0.529. The van der Waals surface area contributed by atoms with Crippen LogP contribution in [0.15, 0.2) is 77.7 Å². The second kappa shape index (κ2) is 10.1. The van der Waals surface area contributed by atoms with Gasteiger partial charge in [0.2, 0.25) is 0 Å². The van der Waals surface area contributed by atoms with Crippen LogP contribution in [0.1, 0.15) is 17.3 Å². The van der Waals surface area contributed by atoms with E-state index in [1.54, 1.807) is 38.2 Å². The molecule has 0 atom stereocenters. The Balaban J connectivity index is 1.67. The van der Waals surface area contributed by atoms with Gasteiger partial charge in [0.05, 0.1) is 17.2 Å². The molecule has 0 bridgehead atoms. The van der Waals surface area contributed by atoms with E-state index in [1.165, 1.54) is 47.4 Å². The highest BCUT2D eigenvalue weighted by atomic mass is 32.2. The minimum atomic E-state index is -4.03. The van der Waals surface area contributed by atoms with Gasteiger partial charge in [0.25, 0.3) is 15.9 Å². The number of carbonyl (C=O) groups is 2. The van der Waals surface area contributed by atoms with Gasteiger partial charge in [0.15, 0.2) is 0 Å². The Labute approximate surface area is 191 Å². The van der Waals surface area contributed by atoms with Crippen LogP contribution in [-0.4, -0.2) is 34.1 Å². The van der Waals surface area contributed by atoms with Gasteiger partial charge in [0.1, 0.15) is 5.82 Å².